The molecule has 2 heterocycles. The molecule has 0 radical (unpaired) electrons. The van der Waals surface area contributed by atoms with Crippen LogP contribution < -0.4 is 14.8 Å². The lowest BCUT2D eigenvalue weighted by Gasteiger charge is -2.14. The summed E-state index contributed by atoms with van der Waals surface area (Å²) in [5.41, 5.74) is 1.76. The van der Waals surface area contributed by atoms with Crippen molar-refractivity contribution in [3.63, 3.8) is 0 Å². The fourth-order valence-electron chi connectivity index (χ4n) is 2.38. The summed E-state index contributed by atoms with van der Waals surface area (Å²) in [7, 11) is 3.26. The van der Waals surface area contributed by atoms with Gasteiger partial charge in [0, 0.05) is 17.8 Å². The maximum atomic E-state index is 5.41. The van der Waals surface area contributed by atoms with Crippen LogP contribution in [0.3, 0.4) is 0 Å². The normalized spacial score (nSPS) is 10.7. The van der Waals surface area contributed by atoms with Crippen LogP contribution in [0, 0.1) is 0 Å². The van der Waals surface area contributed by atoms with Gasteiger partial charge in [0.1, 0.15) is 23.6 Å². The van der Waals surface area contributed by atoms with Crippen LogP contribution >= 0.6 is 0 Å². The molecule has 0 unspecified atom stereocenters. The molecule has 0 aliphatic heterocycles. The maximum absolute atomic E-state index is 5.41. The molecule has 0 aliphatic rings. The van der Waals surface area contributed by atoms with Crippen molar-refractivity contribution in [2.45, 2.75) is 19.8 Å². The Balaban J connectivity index is 2.05. The van der Waals surface area contributed by atoms with Crippen molar-refractivity contribution in [3.8, 4) is 11.5 Å². The second-order valence-electron chi connectivity index (χ2n) is 5.05. The molecule has 1 aromatic carbocycles. The van der Waals surface area contributed by atoms with Gasteiger partial charge in [0.2, 0.25) is 0 Å². The number of methoxy groups -OCH3 is 2. The van der Waals surface area contributed by atoms with E-state index >= 15 is 0 Å². The van der Waals surface area contributed by atoms with Crippen molar-refractivity contribution in [2.24, 2.45) is 0 Å². The molecule has 0 spiro atoms. The fraction of sp³-hybridized carbons (Fsp3) is 0.312. The number of nitrogens with one attached hydrogen (secondary N) is 1. The molecule has 3 rings (SSSR count). The minimum atomic E-state index is 0.570. The monoisotopic (exact) mass is 313 g/mol. The number of ether oxygens (including phenoxy) is 2. The number of anilines is 2. The summed E-state index contributed by atoms with van der Waals surface area (Å²) in [6.45, 7) is 2.12. The summed E-state index contributed by atoms with van der Waals surface area (Å²) in [6.07, 6.45) is 3.39. The van der Waals surface area contributed by atoms with Gasteiger partial charge < -0.3 is 14.8 Å². The zero-order valence-corrected chi connectivity index (χ0v) is 13.4. The molecule has 1 N–H and O–H groups in total. The van der Waals surface area contributed by atoms with E-state index in [0.29, 0.717) is 11.5 Å². The molecule has 0 atom stereocenters. The standard InChI is InChI=1S/C16H19N5O2/c1-4-5-11-8-15(21-16(19-11)17-10-18-21)20-13-9-12(22-2)6-7-14(13)23-3/h6-10,20H,4-5H2,1-3H3. The van der Waals surface area contributed by atoms with Crippen LogP contribution in [-0.4, -0.2) is 33.8 Å². The SMILES string of the molecule is CCCc1cc(Nc2cc(OC)ccc2OC)n2ncnc2n1. The highest BCUT2D eigenvalue weighted by atomic mass is 16.5. The maximum Gasteiger partial charge on any atom is 0.254 e. The van der Waals surface area contributed by atoms with Crippen LogP contribution in [-0.2, 0) is 6.42 Å². The van der Waals surface area contributed by atoms with E-state index in [4.69, 9.17) is 9.47 Å². The van der Waals surface area contributed by atoms with E-state index in [1.807, 2.05) is 24.3 Å². The minimum absolute atomic E-state index is 0.570. The van der Waals surface area contributed by atoms with E-state index in [1.54, 1.807) is 18.7 Å². The molecule has 23 heavy (non-hydrogen) atoms. The topological polar surface area (TPSA) is 73.6 Å². The second kappa shape index (κ2) is 6.51. The molecule has 0 saturated heterocycles. The van der Waals surface area contributed by atoms with Crippen molar-refractivity contribution >= 4 is 17.3 Å². The van der Waals surface area contributed by atoms with Gasteiger partial charge in [-0.05, 0) is 18.6 Å². The molecule has 0 fully saturated rings. The molecule has 0 saturated carbocycles. The van der Waals surface area contributed by atoms with Crippen LogP contribution in [0.4, 0.5) is 11.5 Å². The number of aryl methyl sites for hydroxylation is 1. The molecule has 3 aromatic rings. The van der Waals surface area contributed by atoms with Gasteiger partial charge in [-0.1, -0.05) is 13.3 Å². The third-order valence-electron chi connectivity index (χ3n) is 3.48. The van der Waals surface area contributed by atoms with E-state index in [1.165, 1.54) is 6.33 Å². The molecule has 0 amide bonds. The predicted molar refractivity (Wildman–Crippen MR) is 87.6 cm³/mol. The summed E-state index contributed by atoms with van der Waals surface area (Å²) in [4.78, 5) is 8.68. The van der Waals surface area contributed by atoms with E-state index in [9.17, 15) is 0 Å². The lowest BCUT2D eigenvalue weighted by Crippen LogP contribution is -2.05. The van der Waals surface area contributed by atoms with Gasteiger partial charge in [0.15, 0.2) is 0 Å². The summed E-state index contributed by atoms with van der Waals surface area (Å²) in [5.74, 6) is 2.81. The Labute approximate surface area is 134 Å². The number of nitrogens with zero attached hydrogens (tertiary/aromatic N) is 4. The largest absolute Gasteiger partial charge is 0.497 e. The number of aromatic nitrogens is 4. The molecule has 0 aliphatic carbocycles. The first-order valence-corrected chi connectivity index (χ1v) is 7.44. The molecular weight excluding hydrogens is 294 g/mol. The first kappa shape index (κ1) is 15.1. The van der Waals surface area contributed by atoms with Crippen molar-refractivity contribution in [1.82, 2.24) is 19.6 Å². The van der Waals surface area contributed by atoms with Crippen molar-refractivity contribution < 1.29 is 9.47 Å². The Morgan fingerprint density at radius 2 is 2.04 bits per heavy atom. The van der Waals surface area contributed by atoms with Gasteiger partial charge in [-0.3, -0.25) is 0 Å². The summed E-state index contributed by atoms with van der Waals surface area (Å²) < 4.78 is 12.4. The van der Waals surface area contributed by atoms with Gasteiger partial charge in [-0.2, -0.15) is 14.6 Å². The van der Waals surface area contributed by atoms with Gasteiger partial charge in [0.25, 0.3) is 5.78 Å². The fourth-order valence-corrected chi connectivity index (χ4v) is 2.38. The van der Waals surface area contributed by atoms with E-state index in [2.05, 4.69) is 27.3 Å². The van der Waals surface area contributed by atoms with Crippen LogP contribution in [0.1, 0.15) is 19.0 Å². The summed E-state index contributed by atoms with van der Waals surface area (Å²) in [5, 5.41) is 7.56. The smallest absolute Gasteiger partial charge is 0.254 e. The molecule has 120 valence electrons. The Hall–Kier alpha value is -2.83. The van der Waals surface area contributed by atoms with Gasteiger partial charge in [-0.15, -0.1) is 0 Å². The summed E-state index contributed by atoms with van der Waals surface area (Å²) >= 11 is 0. The average Bonchev–Trinajstić information content (AvgIpc) is 3.04. The van der Waals surface area contributed by atoms with Crippen molar-refractivity contribution in [3.05, 3.63) is 36.3 Å². The average molecular weight is 313 g/mol. The number of benzene rings is 1. The third-order valence-corrected chi connectivity index (χ3v) is 3.48. The zero-order valence-electron chi connectivity index (χ0n) is 13.4. The highest BCUT2D eigenvalue weighted by Crippen LogP contribution is 2.31. The van der Waals surface area contributed by atoms with Crippen molar-refractivity contribution in [1.29, 1.82) is 0 Å². The van der Waals surface area contributed by atoms with Crippen molar-refractivity contribution in [2.75, 3.05) is 19.5 Å². The highest BCUT2D eigenvalue weighted by molar-refractivity contribution is 5.67. The van der Waals surface area contributed by atoms with E-state index < -0.39 is 0 Å². The number of hydrogen-bond acceptors (Lipinski definition) is 6. The Bertz CT molecular complexity index is 815. The van der Waals surface area contributed by atoms with Crippen LogP contribution in [0.15, 0.2) is 30.6 Å². The van der Waals surface area contributed by atoms with Crippen LogP contribution in [0.2, 0.25) is 0 Å². The van der Waals surface area contributed by atoms with Crippen LogP contribution in [0.25, 0.3) is 5.78 Å². The minimum Gasteiger partial charge on any atom is -0.497 e. The van der Waals surface area contributed by atoms with E-state index in [0.717, 1.165) is 35.8 Å². The molecule has 7 nitrogen and oxygen atoms in total. The lowest BCUT2D eigenvalue weighted by atomic mass is 10.2. The predicted octanol–water partition coefficient (Wildman–Crippen LogP) is 2.84. The third kappa shape index (κ3) is 3.03. The Morgan fingerprint density at radius 1 is 1.17 bits per heavy atom. The van der Waals surface area contributed by atoms with Gasteiger partial charge in [0.05, 0.1) is 19.9 Å². The molecule has 7 heteroatoms. The highest BCUT2D eigenvalue weighted by Gasteiger charge is 2.11. The van der Waals surface area contributed by atoms with Crippen LogP contribution in [0.5, 0.6) is 11.5 Å². The van der Waals surface area contributed by atoms with Gasteiger partial charge in [-0.25, -0.2) is 4.98 Å². The summed E-state index contributed by atoms with van der Waals surface area (Å²) in [6, 6.07) is 7.56. The second-order valence-corrected chi connectivity index (χ2v) is 5.05. The number of rotatable bonds is 6. The molecule has 0 bridgehead atoms. The quantitative estimate of drug-likeness (QED) is 0.754. The lowest BCUT2D eigenvalue weighted by molar-refractivity contribution is 0.405. The first-order valence-electron chi connectivity index (χ1n) is 7.44. The zero-order chi connectivity index (χ0) is 16.2. The Kier molecular flexibility index (Phi) is 4.27. The molecular formula is C16H19N5O2. The number of hydrogen-bond donors (Lipinski definition) is 1. The first-order chi connectivity index (χ1) is 11.2. The number of fused-ring (bicyclic) bond motifs is 1. The Morgan fingerprint density at radius 3 is 2.78 bits per heavy atom. The van der Waals surface area contributed by atoms with E-state index in [-0.39, 0.29) is 0 Å². The van der Waals surface area contributed by atoms with Gasteiger partial charge >= 0.3 is 0 Å². The molecule has 2 aromatic heterocycles.